The van der Waals surface area contributed by atoms with E-state index in [0.29, 0.717) is 5.02 Å². The summed E-state index contributed by atoms with van der Waals surface area (Å²) in [6.07, 6.45) is 2.48. The molecule has 22 heavy (non-hydrogen) atoms. The molecule has 1 aliphatic carbocycles. The van der Waals surface area contributed by atoms with E-state index < -0.39 is 5.91 Å². The highest BCUT2D eigenvalue weighted by atomic mass is 35.5. The molecule has 3 rings (SSSR count). The Morgan fingerprint density at radius 3 is 2.73 bits per heavy atom. The topological polar surface area (TPSA) is 61.7 Å². The van der Waals surface area contributed by atoms with Crippen molar-refractivity contribution in [1.82, 2.24) is 5.43 Å². The maximum atomic E-state index is 12.1. The van der Waals surface area contributed by atoms with Gasteiger partial charge in [-0.15, -0.1) is 0 Å². The van der Waals surface area contributed by atoms with Crippen LogP contribution in [-0.4, -0.2) is 16.7 Å². The fourth-order valence-electron chi connectivity index (χ4n) is 2.54. The van der Waals surface area contributed by atoms with Crippen LogP contribution in [0.3, 0.4) is 0 Å². The van der Waals surface area contributed by atoms with Gasteiger partial charge in [0.15, 0.2) is 0 Å². The Morgan fingerprint density at radius 1 is 1.14 bits per heavy atom. The van der Waals surface area contributed by atoms with Gasteiger partial charge in [-0.25, -0.2) is 5.43 Å². The molecule has 0 bridgehead atoms. The lowest BCUT2D eigenvalue weighted by molar-refractivity contribution is 0.0952. The van der Waals surface area contributed by atoms with Crippen LogP contribution in [0.25, 0.3) is 0 Å². The molecule has 0 heterocycles. The molecule has 1 amide bonds. The van der Waals surface area contributed by atoms with Crippen molar-refractivity contribution < 1.29 is 9.90 Å². The number of benzene rings is 2. The van der Waals surface area contributed by atoms with Crippen molar-refractivity contribution in [2.45, 2.75) is 19.3 Å². The number of nitrogens with zero attached hydrogens (tertiary/aromatic N) is 1. The Labute approximate surface area is 133 Å². The number of nitrogens with one attached hydrogen (secondary N) is 1. The number of amides is 1. The predicted molar refractivity (Wildman–Crippen MR) is 86.5 cm³/mol. The van der Waals surface area contributed by atoms with Crippen LogP contribution in [0.4, 0.5) is 0 Å². The van der Waals surface area contributed by atoms with Crippen LogP contribution < -0.4 is 5.43 Å². The van der Waals surface area contributed by atoms with Gasteiger partial charge in [0.05, 0.1) is 5.56 Å². The number of carbonyl (C=O) groups excluding carboxylic acids is 1. The van der Waals surface area contributed by atoms with E-state index in [-0.39, 0.29) is 11.3 Å². The van der Waals surface area contributed by atoms with Crippen LogP contribution in [-0.2, 0) is 12.8 Å². The summed E-state index contributed by atoms with van der Waals surface area (Å²) in [6, 6.07) is 12.6. The third-order valence-electron chi connectivity index (χ3n) is 3.71. The SMILES string of the molecule is O=C(N/N=C1/CCc2ccccc2C1)c1cc(Cl)ccc1O. The Bertz CT molecular complexity index is 756. The average Bonchev–Trinajstić information content (AvgIpc) is 2.54. The molecule has 2 aromatic rings. The number of fused-ring (bicyclic) bond motifs is 1. The summed E-state index contributed by atoms with van der Waals surface area (Å²) >= 11 is 5.84. The van der Waals surface area contributed by atoms with Gasteiger partial charge < -0.3 is 5.11 Å². The molecule has 112 valence electrons. The molecule has 0 saturated heterocycles. The van der Waals surface area contributed by atoms with Crippen molar-refractivity contribution in [3.63, 3.8) is 0 Å². The van der Waals surface area contributed by atoms with Gasteiger partial charge in [-0.1, -0.05) is 35.9 Å². The van der Waals surface area contributed by atoms with Gasteiger partial charge in [-0.2, -0.15) is 5.10 Å². The molecule has 2 N–H and O–H groups in total. The zero-order chi connectivity index (χ0) is 15.5. The summed E-state index contributed by atoms with van der Waals surface area (Å²) in [5.74, 6) is -0.581. The van der Waals surface area contributed by atoms with Gasteiger partial charge in [0.25, 0.3) is 5.91 Å². The Morgan fingerprint density at radius 2 is 1.91 bits per heavy atom. The van der Waals surface area contributed by atoms with E-state index in [2.05, 4.69) is 22.7 Å². The van der Waals surface area contributed by atoms with Crippen LogP contribution in [0.2, 0.25) is 5.02 Å². The first-order chi connectivity index (χ1) is 10.6. The molecule has 0 saturated carbocycles. The third kappa shape index (κ3) is 3.12. The van der Waals surface area contributed by atoms with E-state index in [1.807, 2.05) is 12.1 Å². The Hall–Kier alpha value is -2.33. The minimum absolute atomic E-state index is 0.115. The van der Waals surface area contributed by atoms with Crippen molar-refractivity contribution >= 4 is 23.2 Å². The minimum atomic E-state index is -0.466. The number of halogens is 1. The minimum Gasteiger partial charge on any atom is -0.507 e. The van der Waals surface area contributed by atoms with Gasteiger partial charge in [-0.05, 0) is 42.2 Å². The van der Waals surface area contributed by atoms with Gasteiger partial charge in [0, 0.05) is 17.2 Å². The molecule has 2 aromatic carbocycles. The smallest absolute Gasteiger partial charge is 0.275 e. The quantitative estimate of drug-likeness (QED) is 0.835. The number of aromatic hydroxyl groups is 1. The number of carbonyl (C=O) groups is 1. The standard InChI is InChI=1S/C17H15ClN2O2/c18-13-6-8-16(21)15(10-13)17(22)20-19-14-7-5-11-3-1-2-4-12(11)9-14/h1-4,6,8,10,21H,5,7,9H2,(H,20,22)/b19-14-. The zero-order valence-electron chi connectivity index (χ0n) is 11.8. The normalized spacial score (nSPS) is 15.4. The molecular weight excluding hydrogens is 300 g/mol. The van der Waals surface area contributed by atoms with Crippen LogP contribution in [0.1, 0.15) is 27.9 Å². The molecular formula is C17H15ClN2O2. The molecule has 0 aliphatic heterocycles. The molecule has 0 radical (unpaired) electrons. The number of hydrogen-bond acceptors (Lipinski definition) is 3. The summed E-state index contributed by atoms with van der Waals surface area (Å²) in [6.45, 7) is 0. The Kier molecular flexibility index (Phi) is 4.11. The molecule has 1 aliphatic rings. The first-order valence-corrected chi connectivity index (χ1v) is 7.42. The van der Waals surface area contributed by atoms with E-state index in [1.54, 1.807) is 0 Å². The van der Waals surface area contributed by atoms with Crippen molar-refractivity contribution in [3.05, 3.63) is 64.2 Å². The van der Waals surface area contributed by atoms with E-state index in [4.69, 9.17) is 11.6 Å². The van der Waals surface area contributed by atoms with Crippen LogP contribution in [0.15, 0.2) is 47.6 Å². The van der Waals surface area contributed by atoms with Gasteiger partial charge in [-0.3, -0.25) is 4.79 Å². The highest BCUT2D eigenvalue weighted by molar-refractivity contribution is 6.31. The second-order valence-electron chi connectivity index (χ2n) is 5.23. The Balaban J connectivity index is 1.72. The van der Waals surface area contributed by atoms with Gasteiger partial charge in [0.1, 0.15) is 5.75 Å². The summed E-state index contributed by atoms with van der Waals surface area (Å²) in [5.41, 5.74) is 6.12. The molecule has 0 fully saturated rings. The fraction of sp³-hybridized carbons (Fsp3) is 0.176. The predicted octanol–water partition coefficient (Wildman–Crippen LogP) is 3.32. The van der Waals surface area contributed by atoms with Crippen LogP contribution in [0.5, 0.6) is 5.75 Å². The second-order valence-corrected chi connectivity index (χ2v) is 5.66. The van der Waals surface area contributed by atoms with Crippen molar-refractivity contribution in [3.8, 4) is 5.75 Å². The summed E-state index contributed by atoms with van der Waals surface area (Å²) < 4.78 is 0. The first kappa shape index (κ1) is 14.6. The number of hydrogen-bond donors (Lipinski definition) is 2. The highest BCUT2D eigenvalue weighted by Crippen LogP contribution is 2.22. The maximum Gasteiger partial charge on any atom is 0.275 e. The number of phenols is 1. The third-order valence-corrected chi connectivity index (χ3v) is 3.95. The second kappa shape index (κ2) is 6.20. The van der Waals surface area contributed by atoms with Crippen molar-refractivity contribution in [1.29, 1.82) is 0 Å². The number of aryl methyl sites for hydroxylation is 1. The number of rotatable bonds is 2. The summed E-state index contributed by atoms with van der Waals surface area (Å²) in [5, 5.41) is 14.3. The lowest BCUT2D eigenvalue weighted by Gasteiger charge is -2.17. The van der Waals surface area contributed by atoms with Crippen molar-refractivity contribution in [2.24, 2.45) is 5.10 Å². The number of hydrazone groups is 1. The maximum absolute atomic E-state index is 12.1. The average molecular weight is 315 g/mol. The lowest BCUT2D eigenvalue weighted by Crippen LogP contribution is -2.22. The highest BCUT2D eigenvalue weighted by Gasteiger charge is 2.15. The van der Waals surface area contributed by atoms with Crippen LogP contribution >= 0.6 is 11.6 Å². The molecule has 0 spiro atoms. The molecule has 0 atom stereocenters. The molecule has 0 aromatic heterocycles. The summed E-state index contributed by atoms with van der Waals surface area (Å²) in [7, 11) is 0. The van der Waals surface area contributed by atoms with E-state index >= 15 is 0 Å². The monoisotopic (exact) mass is 314 g/mol. The van der Waals surface area contributed by atoms with E-state index in [9.17, 15) is 9.90 Å². The molecule has 5 heteroatoms. The van der Waals surface area contributed by atoms with Crippen molar-refractivity contribution in [2.75, 3.05) is 0 Å². The van der Waals surface area contributed by atoms with E-state index in [1.165, 1.54) is 29.3 Å². The lowest BCUT2D eigenvalue weighted by atomic mass is 9.90. The fourth-order valence-corrected chi connectivity index (χ4v) is 2.71. The van der Waals surface area contributed by atoms with Crippen LogP contribution in [0, 0.1) is 0 Å². The molecule has 4 nitrogen and oxygen atoms in total. The first-order valence-electron chi connectivity index (χ1n) is 7.04. The number of phenolic OH excluding ortho intramolecular Hbond substituents is 1. The van der Waals surface area contributed by atoms with E-state index in [0.717, 1.165) is 25.0 Å². The van der Waals surface area contributed by atoms with Gasteiger partial charge >= 0.3 is 0 Å². The molecule has 0 unspecified atom stereocenters. The summed E-state index contributed by atoms with van der Waals surface area (Å²) in [4.78, 5) is 12.1. The zero-order valence-corrected chi connectivity index (χ0v) is 12.6. The largest absolute Gasteiger partial charge is 0.507 e. The van der Waals surface area contributed by atoms with Gasteiger partial charge in [0.2, 0.25) is 0 Å².